The molecule has 1 rings (SSSR count). The molecular formula is C39H67NO7. The minimum absolute atomic E-state index is 0.102. The van der Waals surface area contributed by atoms with Crippen molar-refractivity contribution in [3.8, 4) is 0 Å². The number of carbonyl (C=O) groups is 4. The fourth-order valence-corrected chi connectivity index (χ4v) is 5.56. The summed E-state index contributed by atoms with van der Waals surface area (Å²) in [7, 11) is 0. The van der Waals surface area contributed by atoms with E-state index >= 15 is 0 Å². The van der Waals surface area contributed by atoms with Gasteiger partial charge in [-0.15, -0.1) is 0 Å². The van der Waals surface area contributed by atoms with E-state index in [-0.39, 0.29) is 54.4 Å². The molecule has 0 fully saturated rings. The number of allylic oxidation sites excluding steroid dienone is 2. The smallest absolute Gasteiger partial charge is 0.306 e. The van der Waals surface area contributed by atoms with Crippen molar-refractivity contribution in [3.63, 3.8) is 0 Å². The van der Waals surface area contributed by atoms with Crippen LogP contribution in [0.15, 0.2) is 22.6 Å². The normalized spacial score (nSPS) is 14.1. The number of unbranched alkanes of at least 4 members (excludes halogenated alkanes) is 13. The van der Waals surface area contributed by atoms with Gasteiger partial charge in [-0.2, -0.15) is 0 Å². The first-order valence-electron chi connectivity index (χ1n) is 18.5. The van der Waals surface area contributed by atoms with Crippen molar-refractivity contribution in [3.05, 3.63) is 22.6 Å². The van der Waals surface area contributed by atoms with Crippen molar-refractivity contribution in [1.82, 2.24) is 5.32 Å². The maximum Gasteiger partial charge on any atom is 0.306 e. The predicted molar refractivity (Wildman–Crippen MR) is 189 cm³/mol. The topological polar surface area (TPSA) is 108 Å². The fourth-order valence-electron chi connectivity index (χ4n) is 5.56. The summed E-state index contributed by atoms with van der Waals surface area (Å²) in [6.07, 6.45) is 19.0. The lowest BCUT2D eigenvalue weighted by Crippen LogP contribution is -2.33. The van der Waals surface area contributed by atoms with Crippen LogP contribution in [-0.2, 0) is 33.4 Å². The number of rotatable bonds is 25. The third-order valence-corrected chi connectivity index (χ3v) is 7.95. The highest BCUT2D eigenvalue weighted by atomic mass is 16.6. The van der Waals surface area contributed by atoms with E-state index in [9.17, 15) is 19.2 Å². The van der Waals surface area contributed by atoms with Crippen molar-refractivity contribution in [2.75, 3.05) is 13.2 Å². The average Bonchev–Trinajstić information content (AvgIpc) is 2.96. The SMILES string of the molecule is CCCCCCCCCCCCCCCCC1=C(OCCCC(=O)OC(C)(C)C)C(=O)C(C)=C(NCCCC(=O)OC(C)(C)C)C1=O. The second-order valence-corrected chi connectivity index (χ2v) is 15.0. The Kier molecular flexibility index (Phi) is 20.6. The number of hydrogen-bond acceptors (Lipinski definition) is 8. The van der Waals surface area contributed by atoms with E-state index in [0.29, 0.717) is 37.0 Å². The molecule has 0 saturated carbocycles. The van der Waals surface area contributed by atoms with E-state index in [1.807, 2.05) is 41.5 Å². The molecule has 0 aromatic heterocycles. The summed E-state index contributed by atoms with van der Waals surface area (Å²) in [6, 6.07) is 0. The molecule has 0 aliphatic heterocycles. The Morgan fingerprint density at radius 2 is 1.06 bits per heavy atom. The molecule has 0 atom stereocenters. The molecule has 0 saturated heterocycles. The van der Waals surface area contributed by atoms with E-state index in [1.54, 1.807) is 6.92 Å². The van der Waals surface area contributed by atoms with Gasteiger partial charge in [-0.05, 0) is 74.1 Å². The number of esters is 2. The molecule has 0 heterocycles. The number of nitrogens with one attached hydrogen (secondary N) is 1. The third-order valence-electron chi connectivity index (χ3n) is 7.95. The molecular weight excluding hydrogens is 594 g/mol. The van der Waals surface area contributed by atoms with Crippen molar-refractivity contribution >= 4 is 23.5 Å². The van der Waals surface area contributed by atoms with Gasteiger partial charge in [0.2, 0.25) is 11.6 Å². The molecule has 1 aliphatic carbocycles. The Bertz CT molecular complexity index is 1040. The maximum atomic E-state index is 13.7. The zero-order chi connectivity index (χ0) is 35.3. The van der Waals surface area contributed by atoms with Gasteiger partial charge in [0.1, 0.15) is 11.2 Å². The van der Waals surface area contributed by atoms with Crippen LogP contribution < -0.4 is 5.32 Å². The van der Waals surface area contributed by atoms with Crippen molar-refractivity contribution < 1.29 is 33.4 Å². The average molecular weight is 662 g/mol. The summed E-state index contributed by atoms with van der Waals surface area (Å²) >= 11 is 0. The van der Waals surface area contributed by atoms with Gasteiger partial charge in [-0.3, -0.25) is 19.2 Å². The summed E-state index contributed by atoms with van der Waals surface area (Å²) in [4.78, 5) is 51.4. The van der Waals surface area contributed by atoms with Crippen LogP contribution in [0.1, 0.15) is 177 Å². The summed E-state index contributed by atoms with van der Waals surface area (Å²) in [5.41, 5.74) is -0.136. The third kappa shape index (κ3) is 19.7. The van der Waals surface area contributed by atoms with E-state index in [4.69, 9.17) is 14.2 Å². The molecule has 270 valence electrons. The van der Waals surface area contributed by atoms with Crippen LogP contribution in [0.2, 0.25) is 0 Å². The molecule has 8 heteroatoms. The Morgan fingerprint density at radius 1 is 0.617 bits per heavy atom. The van der Waals surface area contributed by atoms with E-state index in [1.165, 1.54) is 70.6 Å². The molecule has 8 nitrogen and oxygen atoms in total. The van der Waals surface area contributed by atoms with Crippen LogP contribution in [0, 0.1) is 0 Å². The first-order chi connectivity index (χ1) is 22.2. The summed E-state index contributed by atoms with van der Waals surface area (Å²) in [5, 5.41) is 3.13. The minimum atomic E-state index is -0.564. The van der Waals surface area contributed by atoms with Crippen LogP contribution in [0.3, 0.4) is 0 Å². The lowest BCUT2D eigenvalue weighted by Gasteiger charge is -2.24. The molecule has 1 N–H and O–H groups in total. The molecule has 0 radical (unpaired) electrons. The molecule has 0 bridgehead atoms. The Morgan fingerprint density at radius 3 is 1.53 bits per heavy atom. The van der Waals surface area contributed by atoms with Gasteiger partial charge in [-0.1, -0.05) is 90.4 Å². The highest BCUT2D eigenvalue weighted by molar-refractivity contribution is 6.24. The summed E-state index contributed by atoms with van der Waals surface area (Å²) in [6.45, 7) is 15.3. The number of Topliss-reactive ketones (excluding diaryl/α,β-unsaturated/α-hetero) is 2. The monoisotopic (exact) mass is 661 g/mol. The van der Waals surface area contributed by atoms with Crippen LogP contribution in [0.5, 0.6) is 0 Å². The molecule has 0 spiro atoms. The molecule has 0 unspecified atom stereocenters. The highest BCUT2D eigenvalue weighted by Gasteiger charge is 2.33. The largest absolute Gasteiger partial charge is 0.489 e. The second-order valence-electron chi connectivity index (χ2n) is 15.0. The maximum absolute atomic E-state index is 13.7. The number of hydrogen-bond donors (Lipinski definition) is 1. The lowest BCUT2D eigenvalue weighted by molar-refractivity contribution is -0.156. The van der Waals surface area contributed by atoms with Crippen molar-refractivity contribution in [2.45, 2.75) is 189 Å². The van der Waals surface area contributed by atoms with Crippen LogP contribution >= 0.6 is 0 Å². The zero-order valence-corrected chi connectivity index (χ0v) is 31.2. The highest BCUT2D eigenvalue weighted by Crippen LogP contribution is 2.29. The molecule has 0 aromatic rings. The van der Waals surface area contributed by atoms with E-state index < -0.39 is 11.2 Å². The quantitative estimate of drug-likeness (QED) is 0.0586. The molecule has 0 aromatic carbocycles. The standard InChI is InChI=1S/C39H67NO7/c1-9-10-11-12-13-14-15-16-17-18-19-20-21-22-25-31-36(44)34(40-28-23-26-32(41)46-38(3,4)5)30(2)35(43)37(31)45-29-24-27-33(42)47-39(6,7)8/h40H,9-29H2,1-8H3. The first-order valence-corrected chi connectivity index (χ1v) is 18.5. The van der Waals surface area contributed by atoms with Gasteiger partial charge in [-0.25, -0.2) is 0 Å². The molecule has 1 aliphatic rings. The van der Waals surface area contributed by atoms with Gasteiger partial charge in [0, 0.05) is 30.5 Å². The Balaban J connectivity index is 2.67. The summed E-state index contributed by atoms with van der Waals surface area (Å²) in [5.74, 6) is -1.05. The number of carbonyl (C=O) groups excluding carboxylic acids is 4. The Hall–Kier alpha value is -2.64. The van der Waals surface area contributed by atoms with Crippen LogP contribution in [0.25, 0.3) is 0 Å². The van der Waals surface area contributed by atoms with Crippen LogP contribution in [-0.4, -0.2) is 47.9 Å². The zero-order valence-electron chi connectivity index (χ0n) is 31.2. The van der Waals surface area contributed by atoms with E-state index in [0.717, 1.165) is 19.3 Å². The lowest BCUT2D eigenvalue weighted by atomic mass is 9.89. The predicted octanol–water partition coefficient (Wildman–Crippen LogP) is 9.39. The van der Waals surface area contributed by atoms with Gasteiger partial charge >= 0.3 is 11.9 Å². The van der Waals surface area contributed by atoms with Crippen molar-refractivity contribution in [2.24, 2.45) is 0 Å². The number of ketones is 2. The van der Waals surface area contributed by atoms with Gasteiger partial charge in [0.05, 0.1) is 12.3 Å². The van der Waals surface area contributed by atoms with Crippen molar-refractivity contribution in [1.29, 1.82) is 0 Å². The second kappa shape index (κ2) is 22.8. The van der Waals surface area contributed by atoms with Gasteiger partial charge in [0.25, 0.3) is 0 Å². The van der Waals surface area contributed by atoms with E-state index in [2.05, 4.69) is 12.2 Å². The van der Waals surface area contributed by atoms with Gasteiger partial charge < -0.3 is 19.5 Å². The molecule has 0 amide bonds. The fraction of sp³-hybridized carbons (Fsp3) is 0.795. The van der Waals surface area contributed by atoms with Crippen LogP contribution in [0.4, 0.5) is 0 Å². The Labute approximate surface area is 286 Å². The number of ether oxygens (including phenoxy) is 3. The van der Waals surface area contributed by atoms with Gasteiger partial charge in [0.15, 0.2) is 5.76 Å². The first kappa shape index (κ1) is 42.4. The molecule has 47 heavy (non-hydrogen) atoms. The summed E-state index contributed by atoms with van der Waals surface area (Å²) < 4.78 is 16.7. The minimum Gasteiger partial charge on any atom is -0.489 e.